The molecule has 174 valence electrons. The van der Waals surface area contributed by atoms with Crippen LogP contribution in [0, 0.1) is 0 Å². The number of carbonyl (C=O) groups is 1. The molecule has 0 unspecified atom stereocenters. The lowest BCUT2D eigenvalue weighted by molar-refractivity contribution is 0.0576. The Morgan fingerprint density at radius 2 is 1.71 bits per heavy atom. The lowest BCUT2D eigenvalue weighted by Gasteiger charge is -2.40. The largest absolute Gasteiger partial charge is 0.357 e. The van der Waals surface area contributed by atoms with Crippen molar-refractivity contribution in [3.63, 3.8) is 0 Å². The molecule has 3 aromatic carbocycles. The van der Waals surface area contributed by atoms with Crippen LogP contribution in [0.15, 0.2) is 78.9 Å². The second-order valence-corrected chi connectivity index (χ2v) is 9.86. The number of H-pyrrole nitrogens is 1. The normalized spacial score (nSPS) is 18.4. The second-order valence-electron chi connectivity index (χ2n) is 8.98. The summed E-state index contributed by atoms with van der Waals surface area (Å²) in [5, 5.41) is 5.90. The number of piperidine rings is 1. The Morgan fingerprint density at radius 1 is 0.971 bits per heavy atom. The van der Waals surface area contributed by atoms with E-state index < -0.39 is 0 Å². The van der Waals surface area contributed by atoms with Gasteiger partial charge in [-0.1, -0.05) is 71.7 Å². The Balaban J connectivity index is 1.32. The summed E-state index contributed by atoms with van der Waals surface area (Å²) in [6.07, 6.45) is 2.59. The second kappa shape index (κ2) is 10.2. The van der Waals surface area contributed by atoms with Crippen molar-refractivity contribution in [3.8, 4) is 0 Å². The average Bonchev–Trinajstić information content (AvgIpc) is 3.26. The van der Waals surface area contributed by atoms with Gasteiger partial charge < -0.3 is 15.2 Å². The number of carbonyl (C=O) groups excluding carboxylic acids is 1. The summed E-state index contributed by atoms with van der Waals surface area (Å²) in [7, 11) is 0. The van der Waals surface area contributed by atoms with Crippen molar-refractivity contribution in [2.24, 2.45) is 0 Å². The number of rotatable bonds is 6. The van der Waals surface area contributed by atoms with Gasteiger partial charge in [0.25, 0.3) is 5.91 Å². The van der Waals surface area contributed by atoms with Gasteiger partial charge in [0.2, 0.25) is 0 Å². The molecule has 2 heterocycles. The molecule has 6 heteroatoms. The fourth-order valence-corrected chi connectivity index (χ4v) is 5.44. The van der Waals surface area contributed by atoms with E-state index in [0.717, 1.165) is 31.3 Å². The smallest absolute Gasteiger partial charge is 0.254 e. The highest BCUT2D eigenvalue weighted by Gasteiger charge is 2.32. The number of hydrogen-bond acceptors (Lipinski definition) is 2. The highest BCUT2D eigenvalue weighted by molar-refractivity contribution is 6.35. The molecule has 2 atom stereocenters. The van der Waals surface area contributed by atoms with Crippen LogP contribution in [0.2, 0.25) is 10.0 Å². The SMILES string of the molecule is O=C(c1cc(Cl)cc(Cl)c1)N1CC[C@H](NCc2cc3ccccc3[nH]2)C[C@H]1Cc1ccccc1. The maximum absolute atomic E-state index is 13.5. The Morgan fingerprint density at radius 3 is 2.47 bits per heavy atom. The molecule has 2 N–H and O–H groups in total. The van der Waals surface area contributed by atoms with Crippen LogP contribution in [0.25, 0.3) is 10.9 Å². The van der Waals surface area contributed by atoms with Crippen LogP contribution in [0.5, 0.6) is 0 Å². The van der Waals surface area contributed by atoms with E-state index in [4.69, 9.17) is 23.2 Å². The van der Waals surface area contributed by atoms with Crippen LogP contribution in [0.1, 0.15) is 34.5 Å². The van der Waals surface area contributed by atoms with Gasteiger partial charge in [0.15, 0.2) is 0 Å². The van der Waals surface area contributed by atoms with Gasteiger partial charge in [-0.05, 0) is 60.5 Å². The summed E-state index contributed by atoms with van der Waals surface area (Å²) >= 11 is 12.4. The minimum atomic E-state index is -0.0144. The quantitative estimate of drug-likeness (QED) is 0.324. The lowest BCUT2D eigenvalue weighted by Crippen LogP contribution is -2.51. The number of aromatic nitrogens is 1. The van der Waals surface area contributed by atoms with Gasteiger partial charge in [0, 0.05) is 52.0 Å². The van der Waals surface area contributed by atoms with Crippen LogP contribution in [0.3, 0.4) is 0 Å². The molecule has 1 amide bonds. The van der Waals surface area contributed by atoms with Crippen LogP contribution in [-0.4, -0.2) is 34.4 Å². The van der Waals surface area contributed by atoms with Crippen molar-refractivity contribution in [3.05, 3.63) is 106 Å². The zero-order chi connectivity index (χ0) is 23.5. The molecule has 1 aromatic heterocycles. The summed E-state index contributed by atoms with van der Waals surface area (Å²) in [5.41, 5.74) is 4.10. The number of hydrogen-bond donors (Lipinski definition) is 2. The molecule has 5 rings (SSSR count). The Hall–Kier alpha value is -2.79. The maximum atomic E-state index is 13.5. The molecular formula is C28H27Cl2N3O. The van der Waals surface area contributed by atoms with Gasteiger partial charge >= 0.3 is 0 Å². The third-order valence-electron chi connectivity index (χ3n) is 6.57. The van der Waals surface area contributed by atoms with Crippen LogP contribution in [-0.2, 0) is 13.0 Å². The third kappa shape index (κ3) is 5.30. The number of para-hydroxylation sites is 1. The fraction of sp³-hybridized carbons (Fsp3) is 0.250. The first-order valence-electron chi connectivity index (χ1n) is 11.7. The molecule has 1 saturated heterocycles. The molecule has 34 heavy (non-hydrogen) atoms. The molecule has 0 spiro atoms. The first kappa shape index (κ1) is 23.0. The number of nitrogens with one attached hydrogen (secondary N) is 2. The molecule has 4 aromatic rings. The molecule has 0 saturated carbocycles. The van der Waals surface area contributed by atoms with Crippen LogP contribution < -0.4 is 5.32 Å². The number of fused-ring (bicyclic) bond motifs is 1. The monoisotopic (exact) mass is 491 g/mol. The molecule has 4 nitrogen and oxygen atoms in total. The summed E-state index contributed by atoms with van der Waals surface area (Å²) in [6, 6.07) is 26.4. The van der Waals surface area contributed by atoms with Crippen LogP contribution in [0.4, 0.5) is 0 Å². The Kier molecular flexibility index (Phi) is 6.91. The fourth-order valence-electron chi connectivity index (χ4n) is 4.91. The van der Waals surface area contributed by atoms with Crippen molar-refractivity contribution in [2.45, 2.75) is 37.9 Å². The van der Waals surface area contributed by atoms with Crippen molar-refractivity contribution in [1.82, 2.24) is 15.2 Å². The maximum Gasteiger partial charge on any atom is 0.254 e. The molecule has 1 fully saturated rings. The van der Waals surface area contributed by atoms with Crippen molar-refractivity contribution in [1.29, 1.82) is 0 Å². The van der Waals surface area contributed by atoms with Crippen LogP contribution >= 0.6 is 23.2 Å². The Bertz CT molecular complexity index is 1230. The van der Waals surface area contributed by atoms with E-state index in [9.17, 15) is 4.79 Å². The summed E-state index contributed by atoms with van der Waals surface area (Å²) in [4.78, 5) is 19.0. The van der Waals surface area contributed by atoms with Gasteiger partial charge in [0.05, 0.1) is 0 Å². The van der Waals surface area contributed by atoms with E-state index in [1.807, 2.05) is 29.2 Å². The first-order chi connectivity index (χ1) is 16.5. The first-order valence-corrected chi connectivity index (χ1v) is 12.4. The van der Waals surface area contributed by atoms with E-state index in [-0.39, 0.29) is 11.9 Å². The zero-order valence-electron chi connectivity index (χ0n) is 18.8. The van der Waals surface area contributed by atoms with Gasteiger partial charge in [-0.2, -0.15) is 0 Å². The molecule has 0 radical (unpaired) electrons. The number of benzene rings is 3. The average molecular weight is 492 g/mol. The number of amides is 1. The number of likely N-dealkylation sites (tertiary alicyclic amines) is 1. The van der Waals surface area contributed by atoms with Gasteiger partial charge in [0.1, 0.15) is 0 Å². The molecule has 0 bridgehead atoms. The standard InChI is InChI=1S/C28H27Cl2N3O/c29-22-13-21(14-23(30)16-22)28(34)33-11-10-24(17-26(33)12-19-6-2-1-3-7-19)31-18-25-15-20-8-4-5-9-27(20)32-25/h1-9,13-16,24,26,31-32H,10-12,17-18H2/t24-,26+/m0/s1. The molecule has 1 aliphatic rings. The van der Waals surface area contributed by atoms with Crippen molar-refractivity contribution >= 4 is 40.0 Å². The predicted molar refractivity (Wildman–Crippen MR) is 140 cm³/mol. The minimum absolute atomic E-state index is 0.0144. The van der Waals surface area contributed by atoms with Crippen molar-refractivity contribution in [2.75, 3.05) is 6.54 Å². The lowest BCUT2D eigenvalue weighted by atomic mass is 9.91. The minimum Gasteiger partial charge on any atom is -0.357 e. The molecule has 1 aliphatic heterocycles. The van der Waals surface area contributed by atoms with Crippen molar-refractivity contribution < 1.29 is 4.79 Å². The van der Waals surface area contributed by atoms with Gasteiger partial charge in [-0.3, -0.25) is 4.79 Å². The molecule has 0 aliphatic carbocycles. The van der Waals surface area contributed by atoms with Gasteiger partial charge in [-0.25, -0.2) is 0 Å². The molecular weight excluding hydrogens is 465 g/mol. The predicted octanol–water partition coefficient (Wildman–Crippen LogP) is 6.48. The number of halogens is 2. The van der Waals surface area contributed by atoms with E-state index >= 15 is 0 Å². The van der Waals surface area contributed by atoms with E-state index in [1.54, 1.807) is 18.2 Å². The number of nitrogens with zero attached hydrogens (tertiary/aromatic N) is 1. The van der Waals surface area contributed by atoms with Gasteiger partial charge in [-0.15, -0.1) is 0 Å². The highest BCUT2D eigenvalue weighted by atomic mass is 35.5. The van der Waals surface area contributed by atoms with E-state index in [2.05, 4.69) is 46.7 Å². The Labute approximate surface area is 209 Å². The summed E-state index contributed by atoms with van der Waals surface area (Å²) < 4.78 is 0. The summed E-state index contributed by atoms with van der Waals surface area (Å²) in [6.45, 7) is 1.46. The topological polar surface area (TPSA) is 48.1 Å². The third-order valence-corrected chi connectivity index (χ3v) is 7.00. The van der Waals surface area contributed by atoms with E-state index in [1.165, 1.54) is 16.6 Å². The van der Waals surface area contributed by atoms with E-state index in [0.29, 0.717) is 28.2 Å². The zero-order valence-corrected chi connectivity index (χ0v) is 20.3. The summed E-state index contributed by atoms with van der Waals surface area (Å²) in [5.74, 6) is -0.0144. The highest BCUT2D eigenvalue weighted by Crippen LogP contribution is 2.26. The number of aromatic amines is 1.